The monoisotopic (exact) mass is 243 g/mol. The van der Waals surface area contributed by atoms with E-state index >= 15 is 0 Å². The van der Waals surface area contributed by atoms with Gasteiger partial charge in [0, 0.05) is 20.0 Å². The fourth-order valence-electron chi connectivity index (χ4n) is 2.33. The summed E-state index contributed by atoms with van der Waals surface area (Å²) in [5.41, 5.74) is -0.521. The zero-order valence-electron chi connectivity index (χ0n) is 9.85. The molecule has 0 saturated carbocycles. The van der Waals surface area contributed by atoms with E-state index in [9.17, 15) is 9.59 Å². The lowest BCUT2D eigenvalue weighted by molar-refractivity contribution is -0.222. The third-order valence-corrected chi connectivity index (χ3v) is 3.42. The van der Waals surface area contributed by atoms with Gasteiger partial charge in [0.2, 0.25) is 5.91 Å². The van der Waals surface area contributed by atoms with Crippen molar-refractivity contribution >= 4 is 11.9 Å². The van der Waals surface area contributed by atoms with E-state index in [-0.39, 0.29) is 12.5 Å². The first-order valence-corrected chi connectivity index (χ1v) is 5.76. The molecule has 1 unspecified atom stereocenters. The predicted octanol–water partition coefficient (Wildman–Crippen LogP) is -0.132. The van der Waals surface area contributed by atoms with Gasteiger partial charge >= 0.3 is 5.97 Å². The summed E-state index contributed by atoms with van der Waals surface area (Å²) in [6.07, 6.45) is 0.389. The number of hydrogen-bond donors (Lipinski definition) is 1. The van der Waals surface area contributed by atoms with E-state index in [0.717, 1.165) is 0 Å². The van der Waals surface area contributed by atoms with Crippen LogP contribution in [0.4, 0.5) is 0 Å². The van der Waals surface area contributed by atoms with Crippen LogP contribution in [0.3, 0.4) is 0 Å². The van der Waals surface area contributed by atoms with Crippen molar-refractivity contribution in [3.63, 3.8) is 0 Å². The van der Waals surface area contributed by atoms with Crippen molar-refractivity contribution in [3.8, 4) is 0 Å². The largest absolute Gasteiger partial charge is 0.479 e. The van der Waals surface area contributed by atoms with Gasteiger partial charge in [0.1, 0.15) is 0 Å². The van der Waals surface area contributed by atoms with Crippen LogP contribution in [0.5, 0.6) is 0 Å². The van der Waals surface area contributed by atoms with Crippen molar-refractivity contribution in [1.82, 2.24) is 4.90 Å². The Balaban J connectivity index is 1.97. The molecule has 0 bridgehead atoms. The molecule has 0 radical (unpaired) electrons. The minimum absolute atomic E-state index is 0.0476. The highest BCUT2D eigenvalue weighted by molar-refractivity contribution is 5.73. The van der Waals surface area contributed by atoms with Crippen LogP contribution in [0.25, 0.3) is 0 Å². The molecule has 0 aromatic heterocycles. The minimum Gasteiger partial charge on any atom is -0.479 e. The van der Waals surface area contributed by atoms with Gasteiger partial charge in [-0.1, -0.05) is 0 Å². The number of carbonyl (C=O) groups excluding carboxylic acids is 1. The van der Waals surface area contributed by atoms with Gasteiger partial charge in [-0.05, 0) is 12.8 Å². The molecule has 1 atom stereocenters. The number of aliphatic carboxylic acids is 1. The van der Waals surface area contributed by atoms with E-state index in [4.69, 9.17) is 14.6 Å². The van der Waals surface area contributed by atoms with E-state index < -0.39 is 17.7 Å². The van der Waals surface area contributed by atoms with Gasteiger partial charge in [-0.15, -0.1) is 0 Å². The quantitative estimate of drug-likeness (QED) is 0.694. The Labute approximate surface area is 99.5 Å². The van der Waals surface area contributed by atoms with Crippen LogP contribution in [0.15, 0.2) is 0 Å². The third-order valence-electron chi connectivity index (χ3n) is 3.42. The number of amides is 1. The van der Waals surface area contributed by atoms with Gasteiger partial charge in [-0.25, -0.2) is 4.79 Å². The van der Waals surface area contributed by atoms with Crippen molar-refractivity contribution in [2.75, 3.05) is 26.3 Å². The van der Waals surface area contributed by atoms with Gasteiger partial charge in [-0.3, -0.25) is 4.79 Å². The van der Waals surface area contributed by atoms with Crippen molar-refractivity contribution in [1.29, 1.82) is 0 Å². The smallest absolute Gasteiger partial charge is 0.335 e. The highest BCUT2D eigenvalue weighted by atomic mass is 16.6. The molecule has 0 aromatic rings. The number of piperidine rings is 1. The van der Waals surface area contributed by atoms with Crippen molar-refractivity contribution in [2.45, 2.75) is 31.5 Å². The first-order valence-electron chi connectivity index (χ1n) is 5.76. The van der Waals surface area contributed by atoms with Crippen LogP contribution in [-0.4, -0.2) is 59.9 Å². The number of hydrogen-bond acceptors (Lipinski definition) is 4. The van der Waals surface area contributed by atoms with E-state index in [2.05, 4.69) is 0 Å². The maximum absolute atomic E-state index is 11.2. The third kappa shape index (κ3) is 2.58. The van der Waals surface area contributed by atoms with E-state index in [1.165, 1.54) is 6.92 Å². The topological polar surface area (TPSA) is 76.1 Å². The summed E-state index contributed by atoms with van der Waals surface area (Å²) in [5.74, 6) is -0.940. The second kappa shape index (κ2) is 4.62. The number of likely N-dealkylation sites (tertiary alicyclic amines) is 1. The summed E-state index contributed by atoms with van der Waals surface area (Å²) >= 11 is 0. The zero-order chi connectivity index (χ0) is 12.5. The van der Waals surface area contributed by atoms with Crippen molar-refractivity contribution in [2.24, 2.45) is 0 Å². The zero-order valence-corrected chi connectivity index (χ0v) is 9.85. The molecule has 6 nitrogen and oxygen atoms in total. The molecule has 2 fully saturated rings. The van der Waals surface area contributed by atoms with Crippen molar-refractivity contribution < 1.29 is 24.2 Å². The number of carboxylic acid groups (broad SMARTS) is 1. The Morgan fingerprint density at radius 3 is 2.53 bits per heavy atom. The number of ether oxygens (including phenoxy) is 2. The highest BCUT2D eigenvalue weighted by Gasteiger charge is 2.43. The maximum atomic E-state index is 11.2. The Hall–Kier alpha value is -1.14. The molecule has 1 N–H and O–H groups in total. The lowest BCUT2D eigenvalue weighted by Gasteiger charge is -2.44. The number of nitrogens with zero attached hydrogens (tertiary/aromatic N) is 1. The van der Waals surface area contributed by atoms with Gasteiger partial charge < -0.3 is 19.5 Å². The van der Waals surface area contributed by atoms with Crippen LogP contribution in [0.2, 0.25) is 0 Å². The number of carboxylic acids is 1. The SMILES string of the molecule is CC(=O)N1CCC2(CC1)COCC(C(=O)O)O2. The molecule has 96 valence electrons. The second-order valence-corrected chi connectivity index (χ2v) is 4.65. The molecule has 2 aliphatic heterocycles. The summed E-state index contributed by atoms with van der Waals surface area (Å²) in [6, 6.07) is 0. The molecule has 0 aromatic carbocycles. The first kappa shape index (κ1) is 12.3. The van der Waals surface area contributed by atoms with Crippen LogP contribution < -0.4 is 0 Å². The molecular weight excluding hydrogens is 226 g/mol. The Morgan fingerprint density at radius 2 is 2.00 bits per heavy atom. The van der Waals surface area contributed by atoms with Crippen LogP contribution >= 0.6 is 0 Å². The molecule has 17 heavy (non-hydrogen) atoms. The average molecular weight is 243 g/mol. The molecule has 2 heterocycles. The maximum Gasteiger partial charge on any atom is 0.335 e. The van der Waals surface area contributed by atoms with Crippen LogP contribution in [-0.2, 0) is 19.1 Å². The molecule has 6 heteroatoms. The fourth-order valence-corrected chi connectivity index (χ4v) is 2.33. The summed E-state index contributed by atoms with van der Waals surface area (Å²) < 4.78 is 11.0. The van der Waals surface area contributed by atoms with Gasteiger partial charge in [0.05, 0.1) is 18.8 Å². The standard InChI is InChI=1S/C11H17NO5/c1-8(13)12-4-2-11(3-5-12)7-16-6-9(17-11)10(14)15/h9H,2-7H2,1H3,(H,14,15). The van der Waals surface area contributed by atoms with Gasteiger partial charge in [0.15, 0.2) is 6.10 Å². The molecule has 1 amide bonds. The summed E-state index contributed by atoms with van der Waals surface area (Å²) in [5, 5.41) is 8.92. The molecular formula is C11H17NO5. The van der Waals surface area contributed by atoms with E-state index in [0.29, 0.717) is 32.5 Å². The predicted molar refractivity (Wildman–Crippen MR) is 57.5 cm³/mol. The second-order valence-electron chi connectivity index (χ2n) is 4.65. The van der Waals surface area contributed by atoms with E-state index in [1.807, 2.05) is 0 Å². The van der Waals surface area contributed by atoms with Crippen molar-refractivity contribution in [3.05, 3.63) is 0 Å². The van der Waals surface area contributed by atoms with Crippen LogP contribution in [0.1, 0.15) is 19.8 Å². The Bertz CT molecular complexity index is 322. The summed E-state index contributed by atoms with van der Waals surface area (Å²) in [4.78, 5) is 23.8. The van der Waals surface area contributed by atoms with Gasteiger partial charge in [0.25, 0.3) is 0 Å². The molecule has 0 aliphatic carbocycles. The average Bonchev–Trinajstić information content (AvgIpc) is 2.29. The normalized spacial score (nSPS) is 28.1. The molecule has 2 aliphatic rings. The lowest BCUT2D eigenvalue weighted by Crippen LogP contribution is -2.56. The van der Waals surface area contributed by atoms with Crippen LogP contribution in [0, 0.1) is 0 Å². The lowest BCUT2D eigenvalue weighted by atomic mass is 9.90. The summed E-state index contributed by atoms with van der Waals surface area (Å²) in [6.45, 7) is 3.27. The number of rotatable bonds is 1. The molecule has 2 rings (SSSR count). The van der Waals surface area contributed by atoms with E-state index in [1.54, 1.807) is 4.90 Å². The fraction of sp³-hybridized carbons (Fsp3) is 0.818. The highest BCUT2D eigenvalue weighted by Crippen LogP contribution is 2.31. The minimum atomic E-state index is -0.988. The summed E-state index contributed by atoms with van der Waals surface area (Å²) in [7, 11) is 0. The Morgan fingerprint density at radius 1 is 1.35 bits per heavy atom. The van der Waals surface area contributed by atoms with Gasteiger partial charge in [-0.2, -0.15) is 0 Å². The molecule has 1 spiro atoms. The Kier molecular flexibility index (Phi) is 3.35. The molecule has 2 saturated heterocycles. The number of carbonyl (C=O) groups is 2. The first-order chi connectivity index (χ1) is 8.02.